The zero-order valence-corrected chi connectivity index (χ0v) is 12.3. The Morgan fingerprint density at radius 2 is 2.22 bits per heavy atom. The molecule has 2 atom stereocenters. The predicted molar refractivity (Wildman–Crippen MR) is 77.6 cm³/mol. The SMILES string of the molecule is C=CCCCC(NCCC)C1CCCCS1(=O)=O. The lowest BCUT2D eigenvalue weighted by Crippen LogP contribution is -2.46. The number of nitrogens with one attached hydrogen (secondary N) is 1. The zero-order chi connectivity index (χ0) is 13.4. The average molecular weight is 273 g/mol. The van der Waals surface area contributed by atoms with Gasteiger partial charge in [0.2, 0.25) is 0 Å². The molecule has 0 aromatic rings. The number of unbranched alkanes of at least 4 members (excludes halogenated alkanes) is 1. The standard InChI is InChI=1S/C14H27NO2S/c1-3-5-6-9-13(15-11-4-2)14-10-7-8-12-18(14,16)17/h3,13-15H,1,4-12H2,2H3. The van der Waals surface area contributed by atoms with Crippen LogP contribution in [0.5, 0.6) is 0 Å². The quantitative estimate of drug-likeness (QED) is 0.546. The van der Waals surface area contributed by atoms with Gasteiger partial charge >= 0.3 is 0 Å². The van der Waals surface area contributed by atoms with Crippen molar-refractivity contribution in [3.63, 3.8) is 0 Å². The van der Waals surface area contributed by atoms with Gasteiger partial charge in [-0.1, -0.05) is 19.4 Å². The molecule has 1 saturated heterocycles. The second-order valence-electron chi connectivity index (χ2n) is 5.18. The molecule has 0 aromatic heterocycles. The van der Waals surface area contributed by atoms with Gasteiger partial charge < -0.3 is 5.32 Å². The fraction of sp³-hybridized carbons (Fsp3) is 0.857. The summed E-state index contributed by atoms with van der Waals surface area (Å²) < 4.78 is 24.3. The first kappa shape index (κ1) is 15.7. The van der Waals surface area contributed by atoms with Crippen molar-refractivity contribution in [1.82, 2.24) is 5.32 Å². The van der Waals surface area contributed by atoms with Gasteiger partial charge in [0.25, 0.3) is 0 Å². The summed E-state index contributed by atoms with van der Waals surface area (Å²) >= 11 is 0. The van der Waals surface area contributed by atoms with Gasteiger partial charge in [0.05, 0.1) is 11.0 Å². The molecule has 0 amide bonds. The van der Waals surface area contributed by atoms with E-state index in [1.54, 1.807) is 0 Å². The van der Waals surface area contributed by atoms with Crippen LogP contribution in [0.2, 0.25) is 0 Å². The highest BCUT2D eigenvalue weighted by Gasteiger charge is 2.34. The highest BCUT2D eigenvalue weighted by atomic mass is 32.2. The molecule has 0 aliphatic carbocycles. The minimum Gasteiger partial charge on any atom is -0.313 e. The Morgan fingerprint density at radius 3 is 2.83 bits per heavy atom. The Hall–Kier alpha value is -0.350. The lowest BCUT2D eigenvalue weighted by molar-refractivity contribution is 0.410. The molecule has 0 saturated carbocycles. The molecule has 4 heteroatoms. The van der Waals surface area contributed by atoms with E-state index in [4.69, 9.17) is 0 Å². The first-order valence-electron chi connectivity index (χ1n) is 7.17. The lowest BCUT2D eigenvalue weighted by Gasteiger charge is -2.31. The number of rotatable bonds is 8. The Kier molecular flexibility index (Phi) is 6.94. The molecule has 0 radical (unpaired) electrons. The van der Waals surface area contributed by atoms with Gasteiger partial charge in [0.15, 0.2) is 9.84 Å². The molecular formula is C14H27NO2S. The van der Waals surface area contributed by atoms with Crippen LogP contribution < -0.4 is 5.32 Å². The van der Waals surface area contributed by atoms with Crippen LogP contribution in [-0.4, -0.2) is 32.0 Å². The van der Waals surface area contributed by atoms with Crippen LogP contribution in [0.15, 0.2) is 12.7 Å². The van der Waals surface area contributed by atoms with E-state index >= 15 is 0 Å². The summed E-state index contributed by atoms with van der Waals surface area (Å²) in [5, 5.41) is 3.28. The minimum atomic E-state index is -2.88. The van der Waals surface area contributed by atoms with Crippen LogP contribution in [0.4, 0.5) is 0 Å². The van der Waals surface area contributed by atoms with Crippen LogP contribution >= 0.6 is 0 Å². The maximum absolute atomic E-state index is 12.2. The van der Waals surface area contributed by atoms with Crippen molar-refractivity contribution in [2.75, 3.05) is 12.3 Å². The Morgan fingerprint density at radius 1 is 1.44 bits per heavy atom. The molecule has 18 heavy (non-hydrogen) atoms. The monoisotopic (exact) mass is 273 g/mol. The van der Waals surface area contributed by atoms with Crippen molar-refractivity contribution in [2.24, 2.45) is 0 Å². The van der Waals surface area contributed by atoms with Crippen molar-refractivity contribution in [2.45, 2.75) is 63.2 Å². The summed E-state index contributed by atoms with van der Waals surface area (Å²) in [5.41, 5.74) is 0. The molecule has 0 bridgehead atoms. The molecule has 3 nitrogen and oxygen atoms in total. The van der Waals surface area contributed by atoms with Crippen LogP contribution in [-0.2, 0) is 9.84 Å². The predicted octanol–water partition coefficient (Wildman–Crippen LogP) is 2.68. The molecule has 0 aromatic carbocycles. The van der Waals surface area contributed by atoms with Gasteiger partial charge in [0, 0.05) is 6.04 Å². The third-order valence-electron chi connectivity index (χ3n) is 3.66. The first-order valence-corrected chi connectivity index (χ1v) is 8.89. The normalized spacial score (nSPS) is 24.6. The maximum Gasteiger partial charge on any atom is 0.154 e. The fourth-order valence-electron chi connectivity index (χ4n) is 2.66. The van der Waals surface area contributed by atoms with E-state index in [-0.39, 0.29) is 11.3 Å². The molecule has 106 valence electrons. The highest BCUT2D eigenvalue weighted by molar-refractivity contribution is 7.92. The molecular weight excluding hydrogens is 246 g/mol. The van der Waals surface area contributed by atoms with Crippen LogP contribution in [0.25, 0.3) is 0 Å². The zero-order valence-electron chi connectivity index (χ0n) is 11.5. The molecule has 1 aliphatic rings. The van der Waals surface area contributed by atoms with Crippen molar-refractivity contribution in [1.29, 1.82) is 0 Å². The van der Waals surface area contributed by atoms with Crippen LogP contribution in [0.1, 0.15) is 51.9 Å². The summed E-state index contributed by atoms with van der Waals surface area (Å²) in [6.45, 7) is 6.74. The lowest BCUT2D eigenvalue weighted by atomic mass is 10.0. The summed E-state index contributed by atoms with van der Waals surface area (Å²) in [5.74, 6) is 0.378. The number of allylic oxidation sites excluding steroid dienone is 1. The summed E-state index contributed by atoms with van der Waals surface area (Å²) in [7, 11) is -2.88. The largest absolute Gasteiger partial charge is 0.313 e. The van der Waals surface area contributed by atoms with E-state index in [9.17, 15) is 8.42 Å². The number of hydrogen-bond acceptors (Lipinski definition) is 3. The van der Waals surface area contributed by atoms with Crippen molar-refractivity contribution >= 4 is 9.84 Å². The van der Waals surface area contributed by atoms with Gasteiger partial charge in [-0.3, -0.25) is 0 Å². The van der Waals surface area contributed by atoms with Gasteiger partial charge in [-0.2, -0.15) is 0 Å². The third-order valence-corrected chi connectivity index (χ3v) is 6.00. The number of sulfone groups is 1. The Labute approximate surface area is 112 Å². The molecule has 1 N–H and O–H groups in total. The fourth-order valence-corrected chi connectivity index (χ4v) is 4.83. The van der Waals surface area contributed by atoms with Crippen molar-refractivity contribution < 1.29 is 8.42 Å². The van der Waals surface area contributed by atoms with Crippen LogP contribution in [0.3, 0.4) is 0 Å². The highest BCUT2D eigenvalue weighted by Crippen LogP contribution is 2.24. The summed E-state index contributed by atoms with van der Waals surface area (Å²) in [6, 6.07) is 0.134. The Bertz CT molecular complexity index is 338. The van der Waals surface area contributed by atoms with Crippen molar-refractivity contribution in [3.05, 3.63) is 12.7 Å². The van der Waals surface area contributed by atoms with E-state index < -0.39 is 9.84 Å². The van der Waals surface area contributed by atoms with Gasteiger partial charge in [-0.15, -0.1) is 6.58 Å². The average Bonchev–Trinajstić information content (AvgIpc) is 2.34. The van der Waals surface area contributed by atoms with Crippen LogP contribution in [0, 0.1) is 0 Å². The second-order valence-corrected chi connectivity index (χ2v) is 7.52. The molecule has 2 unspecified atom stereocenters. The maximum atomic E-state index is 12.2. The molecule has 1 rings (SSSR count). The minimum absolute atomic E-state index is 0.134. The smallest absolute Gasteiger partial charge is 0.154 e. The third kappa shape index (κ3) is 4.73. The summed E-state index contributed by atoms with van der Waals surface area (Å²) in [4.78, 5) is 0. The summed E-state index contributed by atoms with van der Waals surface area (Å²) in [6.07, 6.45) is 8.61. The van der Waals surface area contributed by atoms with Gasteiger partial charge in [-0.25, -0.2) is 8.42 Å². The van der Waals surface area contributed by atoms with Crippen molar-refractivity contribution in [3.8, 4) is 0 Å². The first-order chi connectivity index (χ1) is 8.61. The van der Waals surface area contributed by atoms with E-state index in [1.807, 2.05) is 6.08 Å². The molecule has 0 spiro atoms. The second kappa shape index (κ2) is 7.95. The topological polar surface area (TPSA) is 46.2 Å². The number of hydrogen-bond donors (Lipinski definition) is 1. The van der Waals surface area contributed by atoms with E-state index in [0.29, 0.717) is 5.75 Å². The molecule has 1 fully saturated rings. The van der Waals surface area contributed by atoms with E-state index in [0.717, 1.165) is 51.5 Å². The van der Waals surface area contributed by atoms with Gasteiger partial charge in [0.1, 0.15) is 0 Å². The van der Waals surface area contributed by atoms with E-state index in [2.05, 4.69) is 18.8 Å². The molecule has 1 aliphatic heterocycles. The van der Waals surface area contributed by atoms with E-state index in [1.165, 1.54) is 0 Å². The van der Waals surface area contributed by atoms with Gasteiger partial charge in [-0.05, 0) is 45.1 Å². The molecule has 1 heterocycles. The Balaban J connectivity index is 2.63.